The van der Waals surface area contributed by atoms with Crippen LogP contribution in [0.1, 0.15) is 58.3 Å². The van der Waals surface area contributed by atoms with Crippen molar-refractivity contribution in [2.24, 2.45) is 5.90 Å². The summed E-state index contributed by atoms with van der Waals surface area (Å²) < 4.78 is 11.9. The topological polar surface area (TPSA) is 155 Å². The van der Waals surface area contributed by atoms with Crippen LogP contribution in [0.5, 0.6) is 5.75 Å². The Morgan fingerprint density at radius 1 is 1.09 bits per heavy atom. The van der Waals surface area contributed by atoms with Crippen molar-refractivity contribution >= 4 is 5.97 Å². The fraction of sp³-hybridized carbons (Fsp3) is 0.242. The zero-order valence-electron chi connectivity index (χ0n) is 24.4. The van der Waals surface area contributed by atoms with Crippen molar-refractivity contribution in [2.75, 3.05) is 6.61 Å². The maximum Gasteiger partial charge on any atom is 0.439 e. The van der Waals surface area contributed by atoms with Crippen molar-refractivity contribution in [1.29, 1.82) is 0 Å². The van der Waals surface area contributed by atoms with Crippen molar-refractivity contribution in [3.63, 3.8) is 0 Å². The Morgan fingerprint density at radius 3 is 2.57 bits per heavy atom. The third-order valence-electron chi connectivity index (χ3n) is 7.82. The summed E-state index contributed by atoms with van der Waals surface area (Å²) >= 11 is 0. The van der Waals surface area contributed by atoms with Gasteiger partial charge in [0.25, 0.3) is 5.56 Å². The molecule has 3 heterocycles. The molecule has 0 radical (unpaired) electrons. The Morgan fingerprint density at radius 2 is 1.86 bits per heavy atom. The number of fused-ring (bicyclic) bond motifs is 1. The molecule has 11 nitrogen and oxygen atoms in total. The number of aromatic nitrogens is 4. The highest BCUT2D eigenvalue weighted by Crippen LogP contribution is 2.33. The van der Waals surface area contributed by atoms with Crippen molar-refractivity contribution in [3.8, 4) is 34.0 Å². The molecule has 0 saturated heterocycles. The number of carbonyl (C=O) groups excluding carboxylic acids is 1. The first-order valence-electron chi connectivity index (χ1n) is 14.4. The van der Waals surface area contributed by atoms with Crippen molar-refractivity contribution in [1.82, 2.24) is 19.7 Å². The number of rotatable bonds is 9. The van der Waals surface area contributed by atoms with E-state index in [2.05, 4.69) is 21.9 Å². The van der Waals surface area contributed by atoms with Gasteiger partial charge < -0.3 is 9.57 Å². The molecule has 0 saturated carbocycles. The van der Waals surface area contributed by atoms with E-state index in [1.165, 1.54) is 0 Å². The van der Waals surface area contributed by atoms with Gasteiger partial charge in [-0.3, -0.25) is 18.9 Å². The monoisotopic (exact) mass is 593 g/mol. The summed E-state index contributed by atoms with van der Waals surface area (Å²) in [7, 11) is 0. The van der Waals surface area contributed by atoms with Gasteiger partial charge >= 0.3 is 11.7 Å². The van der Waals surface area contributed by atoms with Gasteiger partial charge in [-0.15, -0.1) is 0 Å². The Labute approximate surface area is 252 Å². The van der Waals surface area contributed by atoms with Gasteiger partial charge in [-0.25, -0.2) is 14.6 Å². The van der Waals surface area contributed by atoms with Gasteiger partial charge in [0, 0.05) is 29.5 Å². The van der Waals surface area contributed by atoms with Crippen LogP contribution in [0.15, 0.2) is 74.8 Å². The van der Waals surface area contributed by atoms with Gasteiger partial charge in [0.1, 0.15) is 17.1 Å². The van der Waals surface area contributed by atoms with E-state index in [9.17, 15) is 14.4 Å². The number of H-pyrrole nitrogens is 1. The largest absolute Gasteiger partial charge is 0.492 e. The molecule has 1 aliphatic heterocycles. The smallest absolute Gasteiger partial charge is 0.439 e. The lowest BCUT2D eigenvalue weighted by Gasteiger charge is -2.17. The van der Waals surface area contributed by atoms with E-state index in [4.69, 9.17) is 20.1 Å². The SMILES string of the molecule is CCCCc1nc(C)n(-c2cc3c(c(C(=O)ON)c2)OCC3)c(=O)c1Cc1ccc(-c2ccccc2-c2noc(=O)[nH]2)cc1. The van der Waals surface area contributed by atoms with Crippen LogP contribution in [0.4, 0.5) is 0 Å². The van der Waals surface area contributed by atoms with E-state index in [1.807, 2.05) is 54.6 Å². The van der Waals surface area contributed by atoms with E-state index in [0.717, 1.165) is 46.4 Å². The third kappa shape index (κ3) is 5.45. The first-order chi connectivity index (χ1) is 21.4. The standard InChI is InChI=1S/C33H31N5O6/c1-3-4-9-28-26(16-20-10-12-21(13-11-20)24-7-5-6-8-25(24)30-36-33(41)44-37-30)31(39)38(19(2)35-28)23-17-22-14-15-42-29(22)27(18-23)32(40)43-34/h5-8,10-13,17-18H,3-4,9,14-16,34H2,1-2H3,(H,36,37,41). The number of nitrogens with two attached hydrogens (primary N) is 1. The molecule has 6 rings (SSSR count). The van der Waals surface area contributed by atoms with Gasteiger partial charge in [0.2, 0.25) is 0 Å². The fourth-order valence-electron chi connectivity index (χ4n) is 5.68. The number of aromatic amines is 1. The molecule has 44 heavy (non-hydrogen) atoms. The van der Waals surface area contributed by atoms with Gasteiger partial charge in [-0.1, -0.05) is 67.0 Å². The second-order valence-electron chi connectivity index (χ2n) is 10.7. The maximum absolute atomic E-state index is 14.2. The fourth-order valence-corrected chi connectivity index (χ4v) is 5.68. The quantitative estimate of drug-likeness (QED) is 0.236. The Balaban J connectivity index is 1.40. The molecular weight excluding hydrogens is 562 g/mol. The summed E-state index contributed by atoms with van der Waals surface area (Å²) in [5.41, 5.74) is 6.10. The molecular formula is C33H31N5O6. The molecule has 0 bridgehead atoms. The minimum Gasteiger partial charge on any atom is -0.492 e. The molecule has 0 spiro atoms. The summed E-state index contributed by atoms with van der Waals surface area (Å²) in [4.78, 5) is 50.3. The number of nitrogens with one attached hydrogen (secondary N) is 1. The molecule has 224 valence electrons. The van der Waals surface area contributed by atoms with Gasteiger partial charge in [0.05, 0.1) is 18.0 Å². The molecule has 0 fully saturated rings. The van der Waals surface area contributed by atoms with Crippen LogP contribution in [0, 0.1) is 6.92 Å². The summed E-state index contributed by atoms with van der Waals surface area (Å²) in [6.45, 7) is 4.32. The first-order valence-corrected chi connectivity index (χ1v) is 14.4. The normalized spacial score (nSPS) is 12.2. The summed E-state index contributed by atoms with van der Waals surface area (Å²) in [6.07, 6.45) is 3.50. The van der Waals surface area contributed by atoms with E-state index < -0.39 is 11.7 Å². The highest BCUT2D eigenvalue weighted by molar-refractivity contribution is 5.94. The van der Waals surface area contributed by atoms with Crippen LogP contribution in [-0.4, -0.2) is 32.3 Å². The maximum atomic E-state index is 14.2. The van der Waals surface area contributed by atoms with Gasteiger partial charge in [0.15, 0.2) is 5.82 Å². The number of hydrogen-bond acceptors (Lipinski definition) is 9. The number of hydrogen-bond donors (Lipinski definition) is 2. The molecule has 5 aromatic rings. The highest BCUT2D eigenvalue weighted by atomic mass is 16.7. The summed E-state index contributed by atoms with van der Waals surface area (Å²) in [6, 6.07) is 18.9. The summed E-state index contributed by atoms with van der Waals surface area (Å²) in [5, 5.41) is 3.84. The van der Waals surface area contributed by atoms with Crippen LogP contribution in [0.25, 0.3) is 28.2 Å². The zero-order valence-corrected chi connectivity index (χ0v) is 24.4. The average molecular weight is 594 g/mol. The number of aryl methyl sites for hydroxylation is 2. The lowest BCUT2D eigenvalue weighted by molar-refractivity contribution is 0.0499. The van der Waals surface area contributed by atoms with Crippen LogP contribution >= 0.6 is 0 Å². The van der Waals surface area contributed by atoms with Gasteiger partial charge in [-0.05, 0) is 48.6 Å². The minimum atomic E-state index is -0.736. The van der Waals surface area contributed by atoms with Crippen molar-refractivity contribution < 1.29 is 18.9 Å². The molecule has 0 atom stereocenters. The third-order valence-corrected chi connectivity index (χ3v) is 7.82. The zero-order chi connectivity index (χ0) is 30.8. The molecule has 11 heteroatoms. The molecule has 3 N–H and O–H groups in total. The number of nitrogens with zero attached hydrogens (tertiary/aromatic N) is 3. The lowest BCUT2D eigenvalue weighted by Crippen LogP contribution is -2.28. The summed E-state index contributed by atoms with van der Waals surface area (Å²) in [5.74, 6) is 5.15. The van der Waals surface area contributed by atoms with Gasteiger partial charge in [-0.2, -0.15) is 5.90 Å². The lowest BCUT2D eigenvalue weighted by atomic mass is 9.96. The number of carbonyl (C=O) groups is 1. The van der Waals surface area contributed by atoms with Crippen LogP contribution < -0.4 is 21.9 Å². The van der Waals surface area contributed by atoms with E-state index in [0.29, 0.717) is 54.5 Å². The minimum absolute atomic E-state index is 0.172. The van der Waals surface area contributed by atoms with E-state index in [-0.39, 0.29) is 11.1 Å². The average Bonchev–Trinajstić information content (AvgIpc) is 3.70. The second kappa shape index (κ2) is 12.1. The van der Waals surface area contributed by atoms with E-state index in [1.54, 1.807) is 17.6 Å². The van der Waals surface area contributed by atoms with Crippen LogP contribution in [0.2, 0.25) is 0 Å². The molecule has 0 unspecified atom stereocenters. The van der Waals surface area contributed by atoms with Crippen molar-refractivity contribution in [3.05, 3.63) is 115 Å². The molecule has 1 aliphatic rings. The number of benzene rings is 3. The first kappa shape index (κ1) is 28.8. The Kier molecular flexibility index (Phi) is 7.95. The Hall–Kier alpha value is -5.29. The highest BCUT2D eigenvalue weighted by Gasteiger charge is 2.25. The molecule has 0 aliphatic carbocycles. The van der Waals surface area contributed by atoms with E-state index >= 15 is 0 Å². The van der Waals surface area contributed by atoms with Crippen LogP contribution in [0.3, 0.4) is 0 Å². The number of ether oxygens (including phenoxy) is 1. The number of unbranched alkanes of at least 4 members (excludes halogenated alkanes) is 1. The molecule has 2 aromatic heterocycles. The predicted molar refractivity (Wildman–Crippen MR) is 163 cm³/mol. The van der Waals surface area contributed by atoms with Crippen LogP contribution in [-0.2, 0) is 24.1 Å². The Bertz CT molecular complexity index is 1970. The second-order valence-corrected chi connectivity index (χ2v) is 10.7. The molecule has 0 amide bonds. The predicted octanol–water partition coefficient (Wildman–Crippen LogP) is 4.45. The molecule has 3 aromatic carbocycles. The van der Waals surface area contributed by atoms with Crippen molar-refractivity contribution in [2.45, 2.75) is 46.0 Å².